The predicted octanol–water partition coefficient (Wildman–Crippen LogP) is 4.39. The number of likely N-dealkylation sites (N-methyl/N-ethyl adjacent to an activating group) is 1. The Kier molecular flexibility index (Phi) is 19.2. The number of hydrogen-bond donors (Lipinski definition) is 8. The first-order chi connectivity index (χ1) is 32.2. The summed E-state index contributed by atoms with van der Waals surface area (Å²) >= 11 is 0. The maximum atomic E-state index is 14.4. The summed E-state index contributed by atoms with van der Waals surface area (Å²) < 4.78 is 0. The largest absolute Gasteiger partial charge is 0.507 e. The molecule has 2 heterocycles. The number of carboxylic acids is 1. The Labute approximate surface area is 392 Å². The molecule has 358 valence electrons. The Hall–Kier alpha value is -6.81. The SMILES string of the molecule is CCCCCCCCCc1ccc(-c2ccc(C(=O)NCCC(=O)N[C@@H](CCCC[NH3+])C(=O)N(C)[C@@H]3C(=O)N[C@@H](C)C(=O)N[C@H](C(=O)O)Cc4ccc(O)c(c4)-c4cc3ccc4O)c[nH+]2)cc1. The number of hydrogen-bond acceptors (Lipinski definition) is 8. The lowest BCUT2D eigenvalue weighted by Gasteiger charge is -2.32. The van der Waals surface area contributed by atoms with Crippen molar-refractivity contribution < 1.29 is 54.8 Å². The molecule has 0 radical (unpaired) electrons. The molecule has 1 aliphatic rings. The molecule has 16 nitrogen and oxygen atoms in total. The number of pyridine rings is 1. The lowest BCUT2D eigenvalue weighted by Crippen LogP contribution is -2.55. The number of nitrogens with one attached hydrogen (secondary N) is 5. The number of carboxylic acid groups (broad SMARTS) is 1. The van der Waals surface area contributed by atoms with Crippen LogP contribution >= 0.6 is 0 Å². The smallest absolute Gasteiger partial charge is 0.326 e. The zero-order chi connectivity index (χ0) is 48.5. The van der Waals surface area contributed by atoms with Crippen LogP contribution in [0.15, 0.2) is 79.0 Å². The van der Waals surface area contributed by atoms with Gasteiger partial charge in [-0.15, -0.1) is 0 Å². The van der Waals surface area contributed by atoms with E-state index in [1.807, 2.05) is 6.07 Å². The molecular formula is C51H67N7O9+2. The Bertz CT molecular complexity index is 2340. The third-order valence-corrected chi connectivity index (χ3v) is 12.1. The summed E-state index contributed by atoms with van der Waals surface area (Å²) in [5.41, 5.74) is 8.27. The Balaban J connectivity index is 1.25. The third-order valence-electron chi connectivity index (χ3n) is 12.1. The van der Waals surface area contributed by atoms with Crippen LogP contribution in [0.4, 0.5) is 0 Å². The molecule has 4 bridgehead atoms. The number of carbonyl (C=O) groups is 6. The van der Waals surface area contributed by atoms with Crippen LogP contribution in [-0.4, -0.2) is 94.0 Å². The number of aryl methyl sites for hydroxylation is 1. The summed E-state index contributed by atoms with van der Waals surface area (Å²) in [7, 11) is 1.38. The van der Waals surface area contributed by atoms with Crippen LogP contribution in [0, 0.1) is 0 Å². The van der Waals surface area contributed by atoms with E-state index in [1.54, 1.807) is 12.3 Å². The number of fused-ring (bicyclic) bond motifs is 5. The van der Waals surface area contributed by atoms with Crippen molar-refractivity contribution in [2.75, 3.05) is 20.1 Å². The van der Waals surface area contributed by atoms with Crippen molar-refractivity contribution in [2.45, 2.75) is 121 Å². The molecule has 4 atom stereocenters. The Morgan fingerprint density at radius 1 is 0.836 bits per heavy atom. The number of rotatable bonds is 21. The number of aromatic amines is 1. The number of phenolic OH excluding ortho intramolecular Hbond substituents is 2. The van der Waals surface area contributed by atoms with Crippen molar-refractivity contribution in [3.8, 4) is 33.9 Å². The van der Waals surface area contributed by atoms with Crippen LogP contribution in [-0.2, 0) is 36.8 Å². The molecule has 5 amide bonds. The molecule has 1 aromatic heterocycles. The van der Waals surface area contributed by atoms with Gasteiger partial charge >= 0.3 is 5.97 Å². The van der Waals surface area contributed by atoms with Crippen molar-refractivity contribution in [3.63, 3.8) is 0 Å². The standard InChI is InChI=1S/C51H65N7O9/c1-4-5-6-7-8-9-10-13-33-15-18-35(19-16-33)40-22-20-37(31-54-40)48(63)53-27-25-45(61)56-41(14-11-12-26-52)50(65)58(3)46-36-21-24-44(60)39(30-36)38-28-34(17-23-43(38)59)29-42(51(66)67)57-47(62)32(2)55-49(46)64/h15-24,28,30-32,41-42,46,59-60H,4-14,25-27,29,52H2,1-3H3,(H,53,63)(H,55,64)(H,56,61)(H,57,62)(H,66,67)/p+2/t32-,41-,42-,46-/m0/s1. The van der Waals surface area contributed by atoms with E-state index in [-0.39, 0.29) is 54.0 Å². The highest BCUT2D eigenvalue weighted by atomic mass is 16.4. The highest BCUT2D eigenvalue weighted by Gasteiger charge is 2.36. The van der Waals surface area contributed by atoms with Crippen molar-refractivity contribution in [3.05, 3.63) is 101 Å². The van der Waals surface area contributed by atoms with E-state index in [1.165, 1.54) is 101 Å². The second-order valence-electron chi connectivity index (χ2n) is 17.3. The van der Waals surface area contributed by atoms with E-state index in [0.717, 1.165) is 22.6 Å². The minimum Gasteiger partial charge on any atom is -0.507 e. The predicted molar refractivity (Wildman–Crippen MR) is 252 cm³/mol. The maximum Gasteiger partial charge on any atom is 0.326 e. The zero-order valence-corrected chi connectivity index (χ0v) is 38.9. The highest BCUT2D eigenvalue weighted by molar-refractivity contribution is 5.96. The van der Waals surface area contributed by atoms with Gasteiger partial charge in [-0.2, -0.15) is 0 Å². The van der Waals surface area contributed by atoms with E-state index in [0.29, 0.717) is 30.5 Å². The molecule has 0 aliphatic carbocycles. The van der Waals surface area contributed by atoms with Gasteiger partial charge in [0.25, 0.3) is 5.91 Å². The number of amides is 5. The minimum atomic E-state index is -1.43. The highest BCUT2D eigenvalue weighted by Crippen LogP contribution is 2.39. The summed E-state index contributed by atoms with van der Waals surface area (Å²) in [5.74, 6) is -4.97. The quantitative estimate of drug-likeness (QED) is 0.0551. The fraction of sp³-hybridized carbons (Fsp3) is 0.431. The van der Waals surface area contributed by atoms with E-state index < -0.39 is 59.7 Å². The number of phenols is 2. The van der Waals surface area contributed by atoms with Gasteiger partial charge in [0.15, 0.2) is 6.20 Å². The first-order valence-electron chi connectivity index (χ1n) is 23.4. The van der Waals surface area contributed by atoms with Gasteiger partial charge in [0.2, 0.25) is 29.3 Å². The van der Waals surface area contributed by atoms with Gasteiger partial charge in [-0.1, -0.05) is 69.7 Å². The van der Waals surface area contributed by atoms with Crippen LogP contribution in [0.1, 0.15) is 118 Å². The second kappa shape index (κ2) is 25.2. The topological polar surface area (TPSA) is 256 Å². The summed E-state index contributed by atoms with van der Waals surface area (Å²) in [6.07, 6.45) is 12.6. The second-order valence-corrected chi connectivity index (χ2v) is 17.3. The molecule has 11 N–H and O–H groups in total. The fourth-order valence-corrected chi connectivity index (χ4v) is 8.20. The van der Waals surface area contributed by atoms with Crippen LogP contribution < -0.4 is 32.0 Å². The average molecular weight is 922 g/mol. The van der Waals surface area contributed by atoms with Crippen LogP contribution in [0.2, 0.25) is 0 Å². The van der Waals surface area contributed by atoms with E-state index >= 15 is 0 Å². The Morgan fingerprint density at radius 2 is 1.52 bits per heavy atom. The molecule has 4 aromatic rings. The number of unbranched alkanes of at least 4 members (excludes halogenated alkanes) is 7. The number of benzene rings is 3. The van der Waals surface area contributed by atoms with Gasteiger partial charge in [-0.25, -0.2) is 9.78 Å². The number of H-pyrrole nitrogens is 1. The number of nitrogens with zero attached hydrogens (tertiary/aromatic N) is 1. The lowest BCUT2D eigenvalue weighted by atomic mass is 9.93. The van der Waals surface area contributed by atoms with Crippen molar-refractivity contribution >= 4 is 35.5 Å². The van der Waals surface area contributed by atoms with Crippen molar-refractivity contribution in [1.82, 2.24) is 26.2 Å². The number of quaternary nitrogens is 1. The maximum absolute atomic E-state index is 14.4. The summed E-state index contributed by atoms with van der Waals surface area (Å²) in [6.45, 7) is 4.16. The molecule has 0 saturated carbocycles. The van der Waals surface area contributed by atoms with Crippen molar-refractivity contribution in [1.29, 1.82) is 0 Å². The number of aromatic nitrogens is 1. The normalized spacial score (nSPS) is 16.4. The molecule has 3 aromatic carbocycles. The van der Waals surface area contributed by atoms with Gasteiger partial charge in [-0.3, -0.25) is 24.0 Å². The summed E-state index contributed by atoms with van der Waals surface area (Å²) in [4.78, 5) is 84.9. The zero-order valence-electron chi connectivity index (χ0n) is 38.9. The number of aliphatic carboxylic acids is 1. The first kappa shape index (κ1) is 51.2. The van der Waals surface area contributed by atoms with E-state index in [2.05, 4.69) is 63.2 Å². The molecule has 0 fully saturated rings. The average Bonchev–Trinajstić information content (AvgIpc) is 3.31. The van der Waals surface area contributed by atoms with Crippen LogP contribution in [0.3, 0.4) is 0 Å². The molecule has 1 aliphatic heterocycles. The van der Waals surface area contributed by atoms with Gasteiger partial charge in [0, 0.05) is 49.2 Å². The van der Waals surface area contributed by atoms with Gasteiger partial charge in [0.1, 0.15) is 41.2 Å². The summed E-state index contributed by atoms with van der Waals surface area (Å²) in [6, 6.07) is 15.3. The first-order valence-corrected chi connectivity index (χ1v) is 23.4. The third kappa shape index (κ3) is 14.6. The fourth-order valence-electron chi connectivity index (χ4n) is 8.20. The summed E-state index contributed by atoms with van der Waals surface area (Å²) in [5, 5.41) is 42.4. The van der Waals surface area contributed by atoms with Gasteiger partial charge in [-0.05, 0) is 98.2 Å². The minimum absolute atomic E-state index is 0.0275. The van der Waals surface area contributed by atoms with Crippen LogP contribution in [0.5, 0.6) is 11.5 Å². The lowest BCUT2D eigenvalue weighted by molar-refractivity contribution is -0.368. The van der Waals surface area contributed by atoms with Crippen molar-refractivity contribution in [2.24, 2.45) is 0 Å². The molecule has 67 heavy (non-hydrogen) atoms. The van der Waals surface area contributed by atoms with Gasteiger partial charge < -0.3 is 47.2 Å². The molecule has 5 rings (SSSR count). The number of aromatic hydroxyl groups is 2. The molecular weight excluding hydrogens is 855 g/mol. The van der Waals surface area contributed by atoms with E-state index in [4.69, 9.17) is 0 Å². The monoisotopic (exact) mass is 921 g/mol. The Morgan fingerprint density at radius 3 is 2.19 bits per heavy atom. The van der Waals surface area contributed by atoms with E-state index in [9.17, 15) is 44.1 Å². The van der Waals surface area contributed by atoms with Gasteiger partial charge in [0.05, 0.1) is 6.54 Å². The number of carbonyl (C=O) groups excluding carboxylic acids is 5. The molecule has 16 heteroatoms. The molecule has 0 unspecified atom stereocenters. The molecule has 0 saturated heterocycles. The molecule has 0 spiro atoms. The van der Waals surface area contributed by atoms with Crippen LogP contribution in [0.25, 0.3) is 22.4 Å².